The molecule has 1 atom stereocenters. The Morgan fingerprint density at radius 2 is 1.85 bits per heavy atom. The summed E-state index contributed by atoms with van der Waals surface area (Å²) in [5.74, 6) is 1.54. The molecule has 2 amide bonds. The van der Waals surface area contributed by atoms with Crippen LogP contribution < -0.4 is 10.1 Å². The van der Waals surface area contributed by atoms with Crippen LogP contribution in [0.3, 0.4) is 0 Å². The molecular weight excluding hydrogens is 428 g/mol. The molecule has 0 radical (unpaired) electrons. The Morgan fingerprint density at radius 3 is 2.59 bits per heavy atom. The van der Waals surface area contributed by atoms with Gasteiger partial charge in [0.15, 0.2) is 0 Å². The van der Waals surface area contributed by atoms with Gasteiger partial charge in [-0.3, -0.25) is 9.59 Å². The lowest BCUT2D eigenvalue weighted by molar-refractivity contribution is -0.135. The van der Waals surface area contributed by atoms with Crippen molar-refractivity contribution in [1.29, 1.82) is 0 Å². The Balaban J connectivity index is 1.50. The van der Waals surface area contributed by atoms with Gasteiger partial charge in [0, 0.05) is 25.5 Å². The lowest BCUT2D eigenvalue weighted by Crippen LogP contribution is -2.53. The highest BCUT2D eigenvalue weighted by Gasteiger charge is 2.43. The summed E-state index contributed by atoms with van der Waals surface area (Å²) < 4.78 is 6.21. The second-order valence-electron chi connectivity index (χ2n) is 10.1. The first-order chi connectivity index (χ1) is 16.5. The molecule has 2 aliphatic rings. The summed E-state index contributed by atoms with van der Waals surface area (Å²) in [5.41, 5.74) is 0.775. The first-order valence-electron chi connectivity index (χ1n) is 12.5. The van der Waals surface area contributed by atoms with E-state index in [0.29, 0.717) is 38.5 Å². The number of aryl methyl sites for hydroxylation is 1. The van der Waals surface area contributed by atoms with Crippen LogP contribution >= 0.6 is 0 Å². The fraction of sp³-hybridized carbons (Fsp3) is 0.556. The number of piperidine rings is 1. The number of rotatable bonds is 3. The Kier molecular flexibility index (Phi) is 7.80. The zero-order valence-electron chi connectivity index (χ0n) is 20.3. The van der Waals surface area contributed by atoms with Crippen LogP contribution in [0, 0.1) is 11.3 Å². The summed E-state index contributed by atoms with van der Waals surface area (Å²) in [6, 6.07) is 9.89. The highest BCUT2D eigenvalue weighted by Crippen LogP contribution is 2.38. The minimum absolute atomic E-state index is 0.0470. The SMILES string of the molecule is CC(C)C[C@H]1COc2ccccc2CCCCC2(CCN(C(=O)c3ncccn3)CC2)C(=O)N1. The average Bonchev–Trinajstić information content (AvgIpc) is 2.85. The number of carbonyl (C=O) groups excluding carboxylic acids is 2. The monoisotopic (exact) mass is 464 g/mol. The summed E-state index contributed by atoms with van der Waals surface area (Å²) in [5, 5.41) is 3.34. The second-order valence-corrected chi connectivity index (χ2v) is 10.1. The fourth-order valence-electron chi connectivity index (χ4n) is 5.18. The van der Waals surface area contributed by atoms with Gasteiger partial charge < -0.3 is 15.0 Å². The maximum Gasteiger partial charge on any atom is 0.291 e. The van der Waals surface area contributed by atoms with Crippen LogP contribution in [-0.2, 0) is 11.2 Å². The predicted molar refractivity (Wildman–Crippen MR) is 130 cm³/mol. The molecule has 1 aromatic carbocycles. The topological polar surface area (TPSA) is 84.4 Å². The molecule has 4 rings (SSSR count). The third kappa shape index (κ3) is 5.75. The minimum Gasteiger partial charge on any atom is -0.491 e. The molecule has 3 heterocycles. The number of likely N-dealkylation sites (tertiary alicyclic amines) is 1. The van der Waals surface area contributed by atoms with Gasteiger partial charge in [0.25, 0.3) is 5.91 Å². The van der Waals surface area contributed by atoms with Crippen LogP contribution in [0.2, 0.25) is 0 Å². The number of ether oxygens (including phenoxy) is 1. The van der Waals surface area contributed by atoms with Gasteiger partial charge in [0.2, 0.25) is 11.7 Å². The molecule has 1 spiro atoms. The van der Waals surface area contributed by atoms with E-state index in [4.69, 9.17) is 4.74 Å². The van der Waals surface area contributed by atoms with E-state index in [0.717, 1.165) is 37.9 Å². The van der Waals surface area contributed by atoms with E-state index in [-0.39, 0.29) is 23.7 Å². The summed E-state index contributed by atoms with van der Waals surface area (Å²) in [6.07, 6.45) is 9.09. The van der Waals surface area contributed by atoms with Crippen molar-refractivity contribution in [2.24, 2.45) is 11.3 Å². The van der Waals surface area contributed by atoms with Gasteiger partial charge in [-0.15, -0.1) is 0 Å². The number of hydrogen-bond acceptors (Lipinski definition) is 5. The normalized spacial score (nSPS) is 21.1. The maximum absolute atomic E-state index is 13.7. The molecule has 2 aliphatic heterocycles. The van der Waals surface area contributed by atoms with Crippen molar-refractivity contribution in [2.45, 2.75) is 64.8 Å². The average molecular weight is 465 g/mol. The first kappa shape index (κ1) is 24.2. The van der Waals surface area contributed by atoms with E-state index in [1.54, 1.807) is 23.4 Å². The summed E-state index contributed by atoms with van der Waals surface area (Å²) in [4.78, 5) is 36.5. The van der Waals surface area contributed by atoms with Gasteiger partial charge in [-0.05, 0) is 62.1 Å². The van der Waals surface area contributed by atoms with E-state index in [2.05, 4.69) is 41.3 Å². The highest BCUT2D eigenvalue weighted by atomic mass is 16.5. The number of para-hydroxylation sites is 1. The van der Waals surface area contributed by atoms with Gasteiger partial charge >= 0.3 is 0 Å². The Labute approximate surface area is 202 Å². The van der Waals surface area contributed by atoms with Crippen LogP contribution in [0.5, 0.6) is 5.75 Å². The fourth-order valence-corrected chi connectivity index (χ4v) is 5.18. The van der Waals surface area contributed by atoms with Crippen molar-refractivity contribution in [3.05, 3.63) is 54.1 Å². The van der Waals surface area contributed by atoms with E-state index < -0.39 is 5.41 Å². The van der Waals surface area contributed by atoms with E-state index in [1.807, 2.05) is 12.1 Å². The van der Waals surface area contributed by atoms with Crippen molar-refractivity contribution >= 4 is 11.8 Å². The molecule has 7 heteroatoms. The molecular formula is C27H36N4O3. The Morgan fingerprint density at radius 1 is 1.12 bits per heavy atom. The summed E-state index contributed by atoms with van der Waals surface area (Å²) in [6.45, 7) is 5.88. The minimum atomic E-state index is -0.456. The smallest absolute Gasteiger partial charge is 0.291 e. The van der Waals surface area contributed by atoms with Crippen LogP contribution in [0.4, 0.5) is 0 Å². The van der Waals surface area contributed by atoms with Crippen LogP contribution in [0.25, 0.3) is 0 Å². The standard InChI is InChI=1S/C27H36N4O3/c1-20(2)18-22-19-34-23-10-4-3-8-21(23)9-5-6-11-27(26(33)30-22)12-16-31(17-13-27)25(32)24-28-14-7-15-29-24/h3-4,7-8,10,14-15,20,22H,5-6,9,11-13,16-19H2,1-2H3,(H,30,33)/t22-/m0/s1. The van der Waals surface area contributed by atoms with Crippen molar-refractivity contribution < 1.29 is 14.3 Å². The highest BCUT2D eigenvalue weighted by molar-refractivity contribution is 5.91. The second kappa shape index (κ2) is 11.0. The Bertz CT molecular complexity index is 971. The number of nitrogens with one attached hydrogen (secondary N) is 1. The number of fused-ring (bicyclic) bond motifs is 1. The van der Waals surface area contributed by atoms with Gasteiger partial charge in [-0.25, -0.2) is 9.97 Å². The zero-order chi connectivity index (χ0) is 24.0. The van der Waals surface area contributed by atoms with Gasteiger partial charge in [-0.2, -0.15) is 0 Å². The van der Waals surface area contributed by atoms with Crippen LogP contribution in [0.15, 0.2) is 42.7 Å². The lowest BCUT2D eigenvalue weighted by Gasteiger charge is -2.41. The molecule has 1 aromatic heterocycles. The van der Waals surface area contributed by atoms with Gasteiger partial charge in [-0.1, -0.05) is 38.5 Å². The first-order valence-corrected chi connectivity index (χ1v) is 12.5. The molecule has 1 saturated heterocycles. The third-order valence-electron chi connectivity index (χ3n) is 7.10. The molecule has 0 unspecified atom stereocenters. The number of aromatic nitrogens is 2. The molecule has 2 aromatic rings. The summed E-state index contributed by atoms with van der Waals surface area (Å²) in [7, 11) is 0. The number of hydrogen-bond donors (Lipinski definition) is 1. The molecule has 34 heavy (non-hydrogen) atoms. The number of carbonyl (C=O) groups is 2. The quantitative estimate of drug-likeness (QED) is 0.741. The maximum atomic E-state index is 13.7. The molecule has 0 saturated carbocycles. The van der Waals surface area contributed by atoms with Gasteiger partial charge in [0.05, 0.1) is 11.5 Å². The van der Waals surface area contributed by atoms with Crippen molar-refractivity contribution in [3.8, 4) is 5.75 Å². The molecule has 182 valence electrons. The van der Waals surface area contributed by atoms with Gasteiger partial charge in [0.1, 0.15) is 12.4 Å². The summed E-state index contributed by atoms with van der Waals surface area (Å²) >= 11 is 0. The Hall–Kier alpha value is -2.96. The zero-order valence-corrected chi connectivity index (χ0v) is 20.3. The molecule has 7 nitrogen and oxygen atoms in total. The van der Waals surface area contributed by atoms with Crippen LogP contribution in [0.1, 0.15) is 68.6 Å². The van der Waals surface area contributed by atoms with E-state index >= 15 is 0 Å². The van der Waals surface area contributed by atoms with Crippen molar-refractivity contribution in [1.82, 2.24) is 20.2 Å². The number of nitrogens with zero attached hydrogens (tertiary/aromatic N) is 3. The lowest BCUT2D eigenvalue weighted by atomic mass is 9.73. The molecule has 1 fully saturated rings. The van der Waals surface area contributed by atoms with Crippen molar-refractivity contribution in [3.63, 3.8) is 0 Å². The molecule has 0 bridgehead atoms. The number of amides is 2. The largest absolute Gasteiger partial charge is 0.491 e. The molecule has 0 aliphatic carbocycles. The van der Waals surface area contributed by atoms with E-state index in [1.165, 1.54) is 5.56 Å². The van der Waals surface area contributed by atoms with Crippen LogP contribution in [-0.4, -0.2) is 52.4 Å². The van der Waals surface area contributed by atoms with E-state index in [9.17, 15) is 9.59 Å². The number of benzene rings is 1. The predicted octanol–water partition coefficient (Wildman–Crippen LogP) is 4.04. The third-order valence-corrected chi connectivity index (χ3v) is 7.10. The van der Waals surface area contributed by atoms with Crippen molar-refractivity contribution in [2.75, 3.05) is 19.7 Å². The molecule has 1 N–H and O–H groups in total.